The second-order valence-electron chi connectivity index (χ2n) is 5.04. The number of hydrogen-bond acceptors (Lipinski definition) is 3. The molecule has 1 atom stereocenters. The van der Waals surface area contributed by atoms with Gasteiger partial charge in [-0.25, -0.2) is 0 Å². The third-order valence-corrected chi connectivity index (χ3v) is 4.15. The van der Waals surface area contributed by atoms with Gasteiger partial charge in [-0.15, -0.1) is 0 Å². The molecule has 2 aliphatic heterocycles. The van der Waals surface area contributed by atoms with Crippen molar-refractivity contribution in [2.75, 3.05) is 18.1 Å². The van der Waals surface area contributed by atoms with Gasteiger partial charge in [-0.3, -0.25) is 5.32 Å². The quantitative estimate of drug-likeness (QED) is 0.763. The molecule has 0 bridgehead atoms. The van der Waals surface area contributed by atoms with E-state index < -0.39 is 0 Å². The van der Waals surface area contributed by atoms with E-state index in [9.17, 15) is 0 Å². The Bertz CT molecular complexity index is 190. The fourth-order valence-electron chi connectivity index (χ4n) is 2.24. The molecule has 3 heteroatoms. The van der Waals surface area contributed by atoms with Crippen molar-refractivity contribution in [2.24, 2.45) is 5.92 Å². The van der Waals surface area contributed by atoms with Gasteiger partial charge in [-0.05, 0) is 50.5 Å². The van der Waals surface area contributed by atoms with Gasteiger partial charge in [0, 0.05) is 6.54 Å². The van der Waals surface area contributed by atoms with Crippen LogP contribution in [-0.4, -0.2) is 29.9 Å². The van der Waals surface area contributed by atoms with Crippen LogP contribution in [0.1, 0.15) is 33.1 Å². The molecule has 0 radical (unpaired) electrons. The van der Waals surface area contributed by atoms with Crippen LogP contribution in [0.25, 0.3) is 0 Å². The lowest BCUT2D eigenvalue weighted by Gasteiger charge is -2.25. The molecule has 2 nitrogen and oxygen atoms in total. The van der Waals surface area contributed by atoms with Gasteiger partial charge in [0.05, 0.1) is 5.60 Å². The SMILES string of the molecule is CC1(C)CNC(CC2CCSCC2)O1. The lowest BCUT2D eigenvalue weighted by atomic mass is 9.98. The Hall–Kier alpha value is 0.270. The second-order valence-corrected chi connectivity index (χ2v) is 6.26. The molecule has 2 rings (SSSR count). The molecular weight excluding hydrogens is 194 g/mol. The van der Waals surface area contributed by atoms with Crippen LogP contribution in [0.2, 0.25) is 0 Å². The highest BCUT2D eigenvalue weighted by Crippen LogP contribution is 2.29. The molecule has 82 valence electrons. The number of rotatable bonds is 2. The molecule has 0 aliphatic carbocycles. The van der Waals surface area contributed by atoms with Crippen molar-refractivity contribution in [3.63, 3.8) is 0 Å². The molecule has 2 fully saturated rings. The average Bonchev–Trinajstić information content (AvgIpc) is 2.47. The second kappa shape index (κ2) is 4.42. The van der Waals surface area contributed by atoms with Gasteiger partial charge < -0.3 is 4.74 Å². The molecule has 2 heterocycles. The van der Waals surface area contributed by atoms with Crippen LogP contribution in [0, 0.1) is 5.92 Å². The molecule has 0 aromatic heterocycles. The monoisotopic (exact) mass is 215 g/mol. The first-order valence-corrected chi connectivity index (χ1v) is 6.80. The topological polar surface area (TPSA) is 21.3 Å². The van der Waals surface area contributed by atoms with Crippen molar-refractivity contribution in [3.8, 4) is 0 Å². The number of hydrogen-bond donors (Lipinski definition) is 1. The summed E-state index contributed by atoms with van der Waals surface area (Å²) in [6.45, 7) is 5.33. The minimum Gasteiger partial charge on any atom is -0.356 e. The minimum atomic E-state index is 0.0497. The Kier molecular flexibility index (Phi) is 3.40. The fourth-order valence-corrected chi connectivity index (χ4v) is 3.45. The van der Waals surface area contributed by atoms with Crippen LogP contribution >= 0.6 is 11.8 Å². The summed E-state index contributed by atoms with van der Waals surface area (Å²) in [4.78, 5) is 0. The smallest absolute Gasteiger partial charge is 0.109 e. The Morgan fingerprint density at radius 1 is 1.36 bits per heavy atom. The van der Waals surface area contributed by atoms with Crippen molar-refractivity contribution in [3.05, 3.63) is 0 Å². The number of nitrogens with one attached hydrogen (secondary N) is 1. The Morgan fingerprint density at radius 2 is 2.07 bits per heavy atom. The van der Waals surface area contributed by atoms with E-state index in [2.05, 4.69) is 30.9 Å². The Labute approximate surface area is 91.2 Å². The van der Waals surface area contributed by atoms with Crippen molar-refractivity contribution in [2.45, 2.75) is 44.9 Å². The standard InChI is InChI=1S/C11H21NOS/c1-11(2)8-12-10(13-11)7-9-3-5-14-6-4-9/h9-10,12H,3-8H2,1-2H3. The van der Waals surface area contributed by atoms with E-state index in [0.29, 0.717) is 6.23 Å². The van der Waals surface area contributed by atoms with Gasteiger partial charge >= 0.3 is 0 Å². The molecule has 0 amide bonds. The molecule has 1 unspecified atom stereocenters. The first-order chi connectivity index (χ1) is 6.66. The van der Waals surface area contributed by atoms with Gasteiger partial charge in [0.25, 0.3) is 0 Å². The van der Waals surface area contributed by atoms with Crippen LogP contribution in [0.15, 0.2) is 0 Å². The van der Waals surface area contributed by atoms with Crippen molar-refractivity contribution in [1.29, 1.82) is 0 Å². The van der Waals surface area contributed by atoms with Crippen LogP contribution in [0.4, 0.5) is 0 Å². The molecule has 2 aliphatic rings. The number of ether oxygens (including phenoxy) is 1. The summed E-state index contributed by atoms with van der Waals surface area (Å²) in [5.74, 6) is 3.59. The van der Waals surface area contributed by atoms with Gasteiger partial charge in [-0.2, -0.15) is 11.8 Å². The molecule has 2 saturated heterocycles. The van der Waals surface area contributed by atoms with Crippen molar-refractivity contribution in [1.82, 2.24) is 5.32 Å². The molecule has 14 heavy (non-hydrogen) atoms. The highest BCUT2D eigenvalue weighted by atomic mass is 32.2. The molecular formula is C11H21NOS. The zero-order valence-electron chi connectivity index (χ0n) is 9.21. The number of thioether (sulfide) groups is 1. The van der Waals surface area contributed by atoms with E-state index in [1.165, 1.54) is 30.8 Å². The van der Waals surface area contributed by atoms with Gasteiger partial charge in [0.1, 0.15) is 6.23 Å². The summed E-state index contributed by atoms with van der Waals surface area (Å²) in [6.07, 6.45) is 4.29. The summed E-state index contributed by atoms with van der Waals surface area (Å²) in [7, 11) is 0. The maximum absolute atomic E-state index is 5.93. The van der Waals surface area contributed by atoms with Crippen LogP contribution in [0.5, 0.6) is 0 Å². The zero-order valence-corrected chi connectivity index (χ0v) is 10.0. The van der Waals surface area contributed by atoms with Gasteiger partial charge in [-0.1, -0.05) is 0 Å². The lowest BCUT2D eigenvalue weighted by molar-refractivity contribution is -0.0250. The normalized spacial score (nSPS) is 33.4. The Balaban J connectivity index is 1.75. The van der Waals surface area contributed by atoms with Gasteiger partial charge in [0.2, 0.25) is 0 Å². The van der Waals surface area contributed by atoms with Gasteiger partial charge in [0.15, 0.2) is 0 Å². The summed E-state index contributed by atoms with van der Waals surface area (Å²) >= 11 is 2.10. The molecule has 0 spiro atoms. The van der Waals surface area contributed by atoms with Crippen molar-refractivity contribution >= 4 is 11.8 Å². The summed E-state index contributed by atoms with van der Waals surface area (Å²) < 4.78 is 5.93. The molecule has 1 N–H and O–H groups in total. The highest BCUT2D eigenvalue weighted by molar-refractivity contribution is 7.99. The molecule has 0 aromatic carbocycles. The highest BCUT2D eigenvalue weighted by Gasteiger charge is 2.32. The largest absolute Gasteiger partial charge is 0.356 e. The molecule has 0 saturated carbocycles. The van der Waals surface area contributed by atoms with E-state index in [1.54, 1.807) is 0 Å². The first-order valence-electron chi connectivity index (χ1n) is 5.65. The zero-order chi connectivity index (χ0) is 10.0. The summed E-state index contributed by atoms with van der Waals surface area (Å²) in [5, 5.41) is 3.47. The Morgan fingerprint density at radius 3 is 2.64 bits per heavy atom. The van der Waals surface area contributed by atoms with Crippen LogP contribution < -0.4 is 5.32 Å². The summed E-state index contributed by atoms with van der Waals surface area (Å²) in [6, 6.07) is 0. The van der Waals surface area contributed by atoms with E-state index >= 15 is 0 Å². The van der Waals surface area contributed by atoms with E-state index in [-0.39, 0.29) is 5.60 Å². The maximum atomic E-state index is 5.93. The fraction of sp³-hybridized carbons (Fsp3) is 1.00. The van der Waals surface area contributed by atoms with Crippen LogP contribution in [-0.2, 0) is 4.74 Å². The van der Waals surface area contributed by atoms with Crippen molar-refractivity contribution < 1.29 is 4.74 Å². The summed E-state index contributed by atoms with van der Waals surface area (Å²) in [5.41, 5.74) is 0.0497. The lowest BCUT2D eigenvalue weighted by Crippen LogP contribution is -2.27. The van der Waals surface area contributed by atoms with E-state index in [4.69, 9.17) is 4.74 Å². The third-order valence-electron chi connectivity index (χ3n) is 3.11. The maximum Gasteiger partial charge on any atom is 0.109 e. The predicted octanol–water partition coefficient (Wildman–Crippen LogP) is 2.24. The molecule has 0 aromatic rings. The van der Waals surface area contributed by atoms with E-state index in [0.717, 1.165) is 12.5 Å². The minimum absolute atomic E-state index is 0.0497. The predicted molar refractivity (Wildman–Crippen MR) is 61.6 cm³/mol. The third kappa shape index (κ3) is 2.88. The van der Waals surface area contributed by atoms with E-state index in [1.807, 2.05) is 0 Å². The first kappa shape index (κ1) is 10.8. The average molecular weight is 215 g/mol. The van der Waals surface area contributed by atoms with Crippen LogP contribution in [0.3, 0.4) is 0 Å².